The van der Waals surface area contributed by atoms with Gasteiger partial charge in [0.05, 0.1) is 21.9 Å². The van der Waals surface area contributed by atoms with Crippen LogP contribution in [0.15, 0.2) is 96.4 Å². The van der Waals surface area contributed by atoms with Crippen molar-refractivity contribution in [2.45, 2.75) is 11.4 Å². The van der Waals surface area contributed by atoms with Gasteiger partial charge in [0.1, 0.15) is 0 Å². The second-order valence-electron chi connectivity index (χ2n) is 6.93. The molecule has 0 spiro atoms. The number of benzene rings is 3. The zero-order chi connectivity index (χ0) is 22.6. The molecule has 3 aromatic carbocycles. The largest absolute Gasteiger partial charge is 0.348 e. The molecule has 0 saturated carbocycles. The van der Waals surface area contributed by atoms with Gasteiger partial charge in [-0.15, -0.1) is 0 Å². The normalized spacial score (nSPS) is 11.2. The fraction of sp³-hybridized carbons (Fsp3) is 0.0435. The molecule has 9 heteroatoms. The predicted molar refractivity (Wildman–Crippen MR) is 123 cm³/mol. The number of amides is 1. The molecule has 0 saturated heterocycles. The number of imidazole rings is 1. The number of carbonyl (C=O) groups is 1. The summed E-state index contributed by atoms with van der Waals surface area (Å²) in [5.41, 5.74) is 2.42. The van der Waals surface area contributed by atoms with Gasteiger partial charge in [0.2, 0.25) is 0 Å². The molecular weight excluding hydrogens is 448 g/mol. The zero-order valence-electron chi connectivity index (χ0n) is 16.8. The molecule has 1 aromatic heterocycles. The molecular formula is C23H19ClN4O3S. The Labute approximate surface area is 190 Å². The summed E-state index contributed by atoms with van der Waals surface area (Å²) in [6.45, 7) is 0.336. The molecule has 0 atom stereocenters. The standard InChI is InChI=1S/C23H19ClN4O3S/c24-21-14-18(8-11-22(21)27-32(30,31)20-4-2-1-3-5-20)23(29)26-15-17-6-9-19(10-7-17)28-13-12-25-16-28/h1-14,16,27H,15H2,(H,26,29). The number of halogens is 1. The maximum Gasteiger partial charge on any atom is 0.261 e. The monoisotopic (exact) mass is 466 g/mol. The van der Waals surface area contributed by atoms with E-state index in [4.69, 9.17) is 11.6 Å². The molecule has 162 valence electrons. The van der Waals surface area contributed by atoms with Gasteiger partial charge in [-0.05, 0) is 48.0 Å². The second-order valence-corrected chi connectivity index (χ2v) is 9.02. The smallest absolute Gasteiger partial charge is 0.261 e. The van der Waals surface area contributed by atoms with Crippen molar-refractivity contribution in [3.63, 3.8) is 0 Å². The zero-order valence-corrected chi connectivity index (χ0v) is 18.3. The first-order chi connectivity index (χ1) is 15.4. The highest BCUT2D eigenvalue weighted by atomic mass is 35.5. The number of nitrogens with zero attached hydrogens (tertiary/aromatic N) is 2. The van der Waals surface area contributed by atoms with Gasteiger partial charge >= 0.3 is 0 Å². The Bertz CT molecular complexity index is 1320. The van der Waals surface area contributed by atoms with Crippen LogP contribution in [0.5, 0.6) is 0 Å². The summed E-state index contributed by atoms with van der Waals surface area (Å²) < 4.78 is 29.3. The van der Waals surface area contributed by atoms with Gasteiger partial charge in [0, 0.05) is 30.2 Å². The number of hydrogen-bond acceptors (Lipinski definition) is 4. The molecule has 32 heavy (non-hydrogen) atoms. The summed E-state index contributed by atoms with van der Waals surface area (Å²) in [5, 5.41) is 2.96. The van der Waals surface area contributed by atoms with Crippen LogP contribution in [0.25, 0.3) is 5.69 Å². The quantitative estimate of drug-likeness (QED) is 0.425. The highest BCUT2D eigenvalue weighted by Crippen LogP contribution is 2.26. The van der Waals surface area contributed by atoms with Crippen LogP contribution in [0.3, 0.4) is 0 Å². The summed E-state index contributed by atoms with van der Waals surface area (Å²) in [6.07, 6.45) is 5.27. The SMILES string of the molecule is O=C(NCc1ccc(-n2ccnc2)cc1)c1ccc(NS(=O)(=O)c2ccccc2)c(Cl)c1. The average Bonchev–Trinajstić information content (AvgIpc) is 3.35. The molecule has 7 nitrogen and oxygen atoms in total. The third-order valence-electron chi connectivity index (χ3n) is 4.72. The number of carbonyl (C=O) groups excluding carboxylic acids is 1. The van der Waals surface area contributed by atoms with Crippen molar-refractivity contribution in [3.05, 3.63) is 108 Å². The van der Waals surface area contributed by atoms with Gasteiger partial charge < -0.3 is 9.88 Å². The predicted octanol–water partition coefficient (Wildman–Crippen LogP) is 4.26. The van der Waals surface area contributed by atoms with E-state index in [0.717, 1.165) is 11.3 Å². The lowest BCUT2D eigenvalue weighted by Gasteiger charge is -2.11. The summed E-state index contributed by atoms with van der Waals surface area (Å²) in [5.74, 6) is -0.317. The second kappa shape index (κ2) is 9.25. The summed E-state index contributed by atoms with van der Waals surface area (Å²) in [6, 6.07) is 20.1. The molecule has 0 unspecified atom stereocenters. The molecule has 4 rings (SSSR count). The van der Waals surface area contributed by atoms with Crippen LogP contribution >= 0.6 is 11.6 Å². The maximum atomic E-state index is 12.5. The highest BCUT2D eigenvalue weighted by Gasteiger charge is 2.16. The molecule has 2 N–H and O–H groups in total. The Hall–Kier alpha value is -3.62. The topological polar surface area (TPSA) is 93.1 Å². The average molecular weight is 467 g/mol. The van der Waals surface area contributed by atoms with E-state index in [1.165, 1.54) is 30.3 Å². The Morgan fingerprint density at radius 3 is 2.41 bits per heavy atom. The fourth-order valence-electron chi connectivity index (χ4n) is 3.02. The number of rotatable bonds is 7. The molecule has 0 aliphatic heterocycles. The lowest BCUT2D eigenvalue weighted by molar-refractivity contribution is 0.0951. The number of aromatic nitrogens is 2. The first kappa shape index (κ1) is 21.6. The molecule has 0 fully saturated rings. The van der Waals surface area contributed by atoms with Crippen molar-refractivity contribution >= 4 is 33.2 Å². The van der Waals surface area contributed by atoms with Crippen LogP contribution in [-0.4, -0.2) is 23.9 Å². The number of nitrogens with one attached hydrogen (secondary N) is 2. The Balaban J connectivity index is 1.40. The van der Waals surface area contributed by atoms with E-state index >= 15 is 0 Å². The lowest BCUT2D eigenvalue weighted by atomic mass is 10.1. The van der Waals surface area contributed by atoms with Crippen LogP contribution in [0.4, 0.5) is 5.69 Å². The van der Waals surface area contributed by atoms with Crippen LogP contribution < -0.4 is 10.0 Å². The van der Waals surface area contributed by atoms with E-state index in [0.29, 0.717) is 12.1 Å². The summed E-state index contributed by atoms with van der Waals surface area (Å²) in [7, 11) is -3.78. The van der Waals surface area contributed by atoms with Gasteiger partial charge in [0.15, 0.2) is 0 Å². The lowest BCUT2D eigenvalue weighted by Crippen LogP contribution is -2.23. The van der Waals surface area contributed by atoms with Gasteiger partial charge in [-0.25, -0.2) is 13.4 Å². The minimum absolute atomic E-state index is 0.122. The minimum atomic E-state index is -3.78. The molecule has 0 aliphatic carbocycles. The number of anilines is 1. The summed E-state index contributed by atoms with van der Waals surface area (Å²) in [4.78, 5) is 16.7. The molecule has 0 radical (unpaired) electrons. The minimum Gasteiger partial charge on any atom is -0.348 e. The van der Waals surface area contributed by atoms with Gasteiger partial charge in [0.25, 0.3) is 15.9 Å². The third-order valence-corrected chi connectivity index (χ3v) is 6.42. The van der Waals surface area contributed by atoms with E-state index in [2.05, 4.69) is 15.0 Å². The molecule has 4 aromatic rings. The fourth-order valence-corrected chi connectivity index (χ4v) is 4.41. The molecule has 1 heterocycles. The number of sulfonamides is 1. The van der Waals surface area contributed by atoms with Crippen LogP contribution in [0.2, 0.25) is 5.02 Å². The highest BCUT2D eigenvalue weighted by molar-refractivity contribution is 7.92. The Kier molecular flexibility index (Phi) is 6.25. The van der Waals surface area contributed by atoms with E-state index in [1.54, 1.807) is 30.7 Å². The molecule has 0 bridgehead atoms. The van der Waals surface area contributed by atoms with Crippen molar-refractivity contribution < 1.29 is 13.2 Å². The Morgan fingerprint density at radius 1 is 1.00 bits per heavy atom. The van der Waals surface area contributed by atoms with E-state index in [-0.39, 0.29) is 21.5 Å². The van der Waals surface area contributed by atoms with Crippen molar-refractivity contribution in [2.24, 2.45) is 0 Å². The number of hydrogen-bond donors (Lipinski definition) is 2. The van der Waals surface area contributed by atoms with Crippen molar-refractivity contribution in [1.82, 2.24) is 14.9 Å². The van der Waals surface area contributed by atoms with E-state index in [9.17, 15) is 13.2 Å². The van der Waals surface area contributed by atoms with Gasteiger partial charge in [-0.2, -0.15) is 0 Å². The Morgan fingerprint density at radius 2 is 1.75 bits per heavy atom. The maximum absolute atomic E-state index is 12.5. The summed E-state index contributed by atoms with van der Waals surface area (Å²) >= 11 is 6.24. The first-order valence-corrected chi connectivity index (χ1v) is 11.5. The van der Waals surface area contributed by atoms with Crippen LogP contribution in [0, 0.1) is 0 Å². The van der Waals surface area contributed by atoms with Gasteiger partial charge in [-0.1, -0.05) is 41.9 Å². The van der Waals surface area contributed by atoms with Crippen molar-refractivity contribution in [3.8, 4) is 5.69 Å². The molecule has 1 amide bonds. The van der Waals surface area contributed by atoms with Crippen molar-refractivity contribution in [2.75, 3.05) is 4.72 Å². The van der Waals surface area contributed by atoms with E-state index in [1.807, 2.05) is 35.0 Å². The van der Waals surface area contributed by atoms with Crippen LogP contribution in [0.1, 0.15) is 15.9 Å². The van der Waals surface area contributed by atoms with Crippen LogP contribution in [-0.2, 0) is 16.6 Å². The van der Waals surface area contributed by atoms with E-state index < -0.39 is 10.0 Å². The third kappa shape index (κ3) is 4.99. The first-order valence-electron chi connectivity index (χ1n) is 9.65. The van der Waals surface area contributed by atoms with Crippen molar-refractivity contribution in [1.29, 1.82) is 0 Å². The molecule has 0 aliphatic rings. The van der Waals surface area contributed by atoms with Gasteiger partial charge in [-0.3, -0.25) is 9.52 Å².